The minimum Gasteiger partial charge on any atom is -0.379 e. The molecule has 1 saturated heterocycles. The summed E-state index contributed by atoms with van der Waals surface area (Å²) in [5.41, 5.74) is 1.02. The van der Waals surface area contributed by atoms with Gasteiger partial charge in [0.2, 0.25) is 0 Å². The number of nitrogens with one attached hydrogen (secondary N) is 2. The molecular weight excluding hydrogens is 328 g/mol. The summed E-state index contributed by atoms with van der Waals surface area (Å²) in [6.07, 6.45) is 0.305. The van der Waals surface area contributed by atoms with E-state index in [0.29, 0.717) is 30.3 Å². The third-order valence-electron chi connectivity index (χ3n) is 3.99. The second-order valence-electron chi connectivity index (χ2n) is 5.81. The molecule has 3 rings (SSSR count). The van der Waals surface area contributed by atoms with Crippen LogP contribution in [0.25, 0.3) is 0 Å². The molecule has 1 aliphatic rings. The summed E-state index contributed by atoms with van der Waals surface area (Å²) in [6.45, 7) is 1.01. The summed E-state index contributed by atoms with van der Waals surface area (Å²) in [6, 6.07) is 14.9. The molecule has 3 N–H and O–H groups in total. The van der Waals surface area contributed by atoms with Crippen LogP contribution < -0.4 is 10.6 Å². The fourth-order valence-electron chi connectivity index (χ4n) is 2.52. The summed E-state index contributed by atoms with van der Waals surface area (Å²) < 4.78 is 5.13. The fraction of sp³-hybridized carbons (Fsp3) is 0.278. The number of halogens is 1. The van der Waals surface area contributed by atoms with Gasteiger partial charge in [-0.3, -0.25) is 4.79 Å². The molecule has 1 amide bonds. The smallest absolute Gasteiger partial charge is 0.258 e. The zero-order valence-corrected chi connectivity index (χ0v) is 13.8. The third kappa shape index (κ3) is 3.87. The predicted molar refractivity (Wildman–Crippen MR) is 94.2 cm³/mol. The first-order chi connectivity index (χ1) is 11.6. The highest BCUT2D eigenvalue weighted by Gasteiger charge is 2.40. The first kappa shape index (κ1) is 16.8. The number of amides is 1. The van der Waals surface area contributed by atoms with Gasteiger partial charge in [-0.05, 0) is 29.8 Å². The van der Waals surface area contributed by atoms with Crippen molar-refractivity contribution in [1.29, 1.82) is 0 Å². The predicted octanol–water partition coefficient (Wildman–Crippen LogP) is 3.04. The van der Waals surface area contributed by atoms with Crippen molar-refractivity contribution in [3.63, 3.8) is 0 Å². The lowest BCUT2D eigenvalue weighted by Crippen LogP contribution is -2.43. The first-order valence-corrected chi connectivity index (χ1v) is 8.13. The van der Waals surface area contributed by atoms with Crippen molar-refractivity contribution in [1.82, 2.24) is 0 Å². The van der Waals surface area contributed by atoms with Crippen molar-refractivity contribution in [2.24, 2.45) is 0 Å². The van der Waals surface area contributed by atoms with E-state index in [4.69, 9.17) is 16.3 Å². The quantitative estimate of drug-likeness (QED) is 0.778. The third-order valence-corrected chi connectivity index (χ3v) is 4.25. The van der Waals surface area contributed by atoms with Crippen molar-refractivity contribution in [3.05, 3.63) is 59.1 Å². The Morgan fingerprint density at radius 1 is 1.17 bits per heavy atom. The van der Waals surface area contributed by atoms with Gasteiger partial charge in [-0.2, -0.15) is 0 Å². The van der Waals surface area contributed by atoms with Crippen LogP contribution in [0.1, 0.15) is 12.0 Å². The highest BCUT2D eigenvalue weighted by atomic mass is 35.5. The van der Waals surface area contributed by atoms with Gasteiger partial charge in [0.05, 0.1) is 24.6 Å². The number of para-hydroxylation sites is 2. The van der Waals surface area contributed by atoms with Crippen LogP contribution in [0.5, 0.6) is 0 Å². The number of aliphatic hydroxyl groups is 1. The van der Waals surface area contributed by atoms with Crippen LogP contribution in [-0.4, -0.2) is 29.8 Å². The fourth-order valence-corrected chi connectivity index (χ4v) is 2.64. The van der Waals surface area contributed by atoms with Crippen LogP contribution in [0.4, 0.5) is 11.4 Å². The Morgan fingerprint density at radius 2 is 1.88 bits per heavy atom. The van der Waals surface area contributed by atoms with Gasteiger partial charge < -0.3 is 20.5 Å². The Hall–Kier alpha value is -2.08. The van der Waals surface area contributed by atoms with Gasteiger partial charge in [0, 0.05) is 18.0 Å². The summed E-state index contributed by atoms with van der Waals surface area (Å²) in [5.74, 6) is -0.444. The van der Waals surface area contributed by atoms with E-state index in [1.165, 1.54) is 0 Å². The highest BCUT2D eigenvalue weighted by molar-refractivity contribution is 6.30. The molecular formula is C18H19ClN2O3. The number of hydrogen-bond donors (Lipinski definition) is 3. The molecule has 6 heteroatoms. The Morgan fingerprint density at radius 3 is 2.54 bits per heavy atom. The lowest BCUT2D eigenvalue weighted by Gasteiger charge is -2.21. The second-order valence-corrected chi connectivity index (χ2v) is 6.25. The molecule has 0 saturated carbocycles. The van der Waals surface area contributed by atoms with Crippen LogP contribution >= 0.6 is 11.6 Å². The first-order valence-electron chi connectivity index (χ1n) is 7.76. The van der Waals surface area contributed by atoms with Crippen molar-refractivity contribution in [3.8, 4) is 0 Å². The number of hydrogen-bond acceptors (Lipinski definition) is 4. The van der Waals surface area contributed by atoms with Gasteiger partial charge in [0.15, 0.2) is 5.60 Å². The monoisotopic (exact) mass is 346 g/mol. The van der Waals surface area contributed by atoms with Crippen molar-refractivity contribution >= 4 is 28.9 Å². The van der Waals surface area contributed by atoms with Gasteiger partial charge in [-0.15, -0.1) is 0 Å². The summed E-state index contributed by atoms with van der Waals surface area (Å²) in [4.78, 5) is 12.3. The summed E-state index contributed by atoms with van der Waals surface area (Å²) in [5, 5.41) is 17.0. The van der Waals surface area contributed by atoms with E-state index < -0.39 is 11.5 Å². The molecule has 126 valence electrons. The highest BCUT2D eigenvalue weighted by Crippen LogP contribution is 2.25. The van der Waals surface area contributed by atoms with Gasteiger partial charge in [0.1, 0.15) is 0 Å². The van der Waals surface area contributed by atoms with Gasteiger partial charge >= 0.3 is 0 Å². The van der Waals surface area contributed by atoms with Crippen LogP contribution in [-0.2, 0) is 16.1 Å². The molecule has 24 heavy (non-hydrogen) atoms. The minimum absolute atomic E-state index is 0.0270. The van der Waals surface area contributed by atoms with Gasteiger partial charge in [-0.1, -0.05) is 35.9 Å². The molecule has 1 heterocycles. The van der Waals surface area contributed by atoms with E-state index in [1.807, 2.05) is 42.5 Å². The van der Waals surface area contributed by atoms with Crippen LogP contribution in [0.15, 0.2) is 48.5 Å². The molecule has 1 unspecified atom stereocenters. The maximum absolute atomic E-state index is 12.3. The SMILES string of the molecule is O=C(Nc1ccccc1NCc1ccc(Cl)cc1)C1(O)CCOC1. The average Bonchev–Trinajstić information content (AvgIpc) is 3.04. The van der Waals surface area contributed by atoms with Crippen LogP contribution in [0.2, 0.25) is 5.02 Å². The topological polar surface area (TPSA) is 70.6 Å². The Balaban J connectivity index is 1.68. The Kier molecular flexibility index (Phi) is 5.04. The maximum atomic E-state index is 12.3. The largest absolute Gasteiger partial charge is 0.379 e. The van der Waals surface area contributed by atoms with Crippen molar-refractivity contribution in [2.45, 2.75) is 18.6 Å². The number of benzene rings is 2. The van der Waals surface area contributed by atoms with E-state index in [2.05, 4.69) is 10.6 Å². The molecule has 1 aliphatic heterocycles. The van der Waals surface area contributed by atoms with E-state index in [-0.39, 0.29) is 6.61 Å². The molecule has 0 radical (unpaired) electrons. The lowest BCUT2D eigenvalue weighted by molar-refractivity contribution is -0.133. The number of ether oxygens (including phenoxy) is 1. The molecule has 1 atom stereocenters. The number of carbonyl (C=O) groups excluding carboxylic acids is 1. The Bertz CT molecular complexity index is 712. The second kappa shape index (κ2) is 7.21. The van der Waals surface area contributed by atoms with E-state index in [0.717, 1.165) is 11.3 Å². The number of rotatable bonds is 5. The molecule has 1 fully saturated rings. The standard InChI is InChI=1S/C18H19ClN2O3/c19-14-7-5-13(6-8-14)11-20-15-3-1-2-4-16(15)21-17(22)18(23)9-10-24-12-18/h1-8,20,23H,9-12H2,(H,21,22). The van der Waals surface area contributed by atoms with E-state index in [9.17, 15) is 9.90 Å². The lowest BCUT2D eigenvalue weighted by atomic mass is 10.0. The Labute approximate surface area is 145 Å². The summed E-state index contributed by atoms with van der Waals surface area (Å²) >= 11 is 5.88. The summed E-state index contributed by atoms with van der Waals surface area (Å²) in [7, 11) is 0. The van der Waals surface area contributed by atoms with Gasteiger partial charge in [-0.25, -0.2) is 0 Å². The molecule has 0 bridgehead atoms. The average molecular weight is 347 g/mol. The normalized spacial score (nSPS) is 19.9. The number of carbonyl (C=O) groups is 1. The molecule has 0 aliphatic carbocycles. The van der Waals surface area contributed by atoms with Crippen LogP contribution in [0.3, 0.4) is 0 Å². The maximum Gasteiger partial charge on any atom is 0.258 e. The molecule has 2 aromatic carbocycles. The van der Waals surface area contributed by atoms with Gasteiger partial charge in [0.25, 0.3) is 5.91 Å². The zero-order chi connectivity index (χ0) is 17.0. The molecule has 2 aromatic rings. The van der Waals surface area contributed by atoms with Crippen molar-refractivity contribution in [2.75, 3.05) is 23.8 Å². The van der Waals surface area contributed by atoms with E-state index in [1.54, 1.807) is 6.07 Å². The molecule has 0 spiro atoms. The van der Waals surface area contributed by atoms with Crippen LogP contribution in [0, 0.1) is 0 Å². The molecule has 0 aromatic heterocycles. The minimum atomic E-state index is -1.46. The van der Waals surface area contributed by atoms with Crippen molar-refractivity contribution < 1.29 is 14.6 Å². The zero-order valence-electron chi connectivity index (χ0n) is 13.1. The number of anilines is 2. The molecule has 5 nitrogen and oxygen atoms in total. The van der Waals surface area contributed by atoms with E-state index >= 15 is 0 Å².